The van der Waals surface area contributed by atoms with Crippen LogP contribution in [0.4, 0.5) is 0 Å². The van der Waals surface area contributed by atoms with Gasteiger partial charge in [0.05, 0.1) is 6.61 Å². The van der Waals surface area contributed by atoms with Crippen LogP contribution < -0.4 is 10.5 Å². The Hall–Kier alpha value is -1.06. The van der Waals surface area contributed by atoms with Crippen molar-refractivity contribution in [1.82, 2.24) is 4.90 Å². The molecule has 3 nitrogen and oxygen atoms in total. The third kappa shape index (κ3) is 4.23. The molecule has 0 bridgehead atoms. The third-order valence-corrected chi connectivity index (χ3v) is 4.99. The minimum atomic E-state index is 0.484. The van der Waals surface area contributed by atoms with Crippen LogP contribution in [0.1, 0.15) is 50.2 Å². The molecule has 1 aliphatic heterocycles. The lowest BCUT2D eigenvalue weighted by Gasteiger charge is -2.35. The molecular weight excluding hydrogens is 272 g/mol. The molecule has 22 heavy (non-hydrogen) atoms. The van der Waals surface area contributed by atoms with Gasteiger partial charge in [-0.2, -0.15) is 0 Å². The van der Waals surface area contributed by atoms with E-state index < -0.39 is 0 Å². The average Bonchev–Trinajstić information content (AvgIpc) is 2.55. The Balaban J connectivity index is 2.06. The normalized spacial score (nSPS) is 18.4. The fourth-order valence-corrected chi connectivity index (χ4v) is 3.55. The molecule has 1 atom stereocenters. The summed E-state index contributed by atoms with van der Waals surface area (Å²) in [6, 6.07) is 6.64. The first-order chi connectivity index (χ1) is 10.7. The third-order valence-electron chi connectivity index (χ3n) is 4.99. The second-order valence-electron chi connectivity index (χ2n) is 6.49. The Morgan fingerprint density at radius 2 is 2.00 bits per heavy atom. The highest BCUT2D eigenvalue weighted by atomic mass is 16.5. The molecule has 0 aromatic heterocycles. The molecular formula is C19H32N2O. The summed E-state index contributed by atoms with van der Waals surface area (Å²) in [4.78, 5) is 2.54. The molecule has 1 fully saturated rings. The molecule has 0 radical (unpaired) electrons. The number of nitrogens with zero attached hydrogens (tertiary/aromatic N) is 1. The van der Waals surface area contributed by atoms with Gasteiger partial charge in [-0.25, -0.2) is 0 Å². The highest BCUT2D eigenvalue weighted by Crippen LogP contribution is 2.34. The van der Waals surface area contributed by atoms with Crippen molar-refractivity contribution in [2.75, 3.05) is 32.8 Å². The molecule has 1 aromatic rings. The lowest BCUT2D eigenvalue weighted by Crippen LogP contribution is -2.36. The smallest absolute Gasteiger partial charge is 0.122 e. The SMILES string of the molecule is CCCOc1ccc(C(CN)C2CCN(CC)CC2)cc1C. The Bertz CT molecular complexity index is 453. The van der Waals surface area contributed by atoms with Gasteiger partial charge in [0.2, 0.25) is 0 Å². The highest BCUT2D eigenvalue weighted by molar-refractivity contribution is 5.38. The van der Waals surface area contributed by atoms with Gasteiger partial charge in [-0.3, -0.25) is 0 Å². The first-order valence-electron chi connectivity index (χ1n) is 8.85. The minimum absolute atomic E-state index is 0.484. The van der Waals surface area contributed by atoms with Crippen molar-refractivity contribution in [2.45, 2.75) is 46.0 Å². The van der Waals surface area contributed by atoms with Crippen LogP contribution in [-0.2, 0) is 0 Å². The largest absolute Gasteiger partial charge is 0.493 e. The van der Waals surface area contributed by atoms with Crippen LogP contribution in [0.3, 0.4) is 0 Å². The number of nitrogens with two attached hydrogens (primary N) is 1. The monoisotopic (exact) mass is 304 g/mol. The molecule has 0 saturated carbocycles. The Kier molecular flexibility index (Phi) is 6.71. The fraction of sp³-hybridized carbons (Fsp3) is 0.684. The van der Waals surface area contributed by atoms with Crippen molar-refractivity contribution in [3.05, 3.63) is 29.3 Å². The zero-order valence-corrected chi connectivity index (χ0v) is 14.5. The molecule has 0 aliphatic carbocycles. The topological polar surface area (TPSA) is 38.5 Å². The van der Waals surface area contributed by atoms with E-state index in [9.17, 15) is 0 Å². The summed E-state index contributed by atoms with van der Waals surface area (Å²) in [7, 11) is 0. The molecule has 1 heterocycles. The second kappa shape index (κ2) is 8.54. The number of aryl methyl sites for hydroxylation is 1. The van der Waals surface area contributed by atoms with Gasteiger partial charge in [0.15, 0.2) is 0 Å². The maximum Gasteiger partial charge on any atom is 0.122 e. The van der Waals surface area contributed by atoms with E-state index in [1.54, 1.807) is 0 Å². The second-order valence-corrected chi connectivity index (χ2v) is 6.49. The highest BCUT2D eigenvalue weighted by Gasteiger charge is 2.26. The van der Waals surface area contributed by atoms with Gasteiger partial charge < -0.3 is 15.4 Å². The summed E-state index contributed by atoms with van der Waals surface area (Å²) < 4.78 is 5.79. The van der Waals surface area contributed by atoms with E-state index in [-0.39, 0.29) is 0 Å². The van der Waals surface area contributed by atoms with Gasteiger partial charge in [-0.1, -0.05) is 26.0 Å². The van der Waals surface area contributed by atoms with E-state index in [1.807, 2.05) is 0 Å². The Labute approximate surface area is 135 Å². The van der Waals surface area contributed by atoms with Crippen LogP contribution in [0.15, 0.2) is 18.2 Å². The number of ether oxygens (including phenoxy) is 1. The fourth-order valence-electron chi connectivity index (χ4n) is 3.55. The van der Waals surface area contributed by atoms with Crippen molar-refractivity contribution in [2.24, 2.45) is 11.7 Å². The summed E-state index contributed by atoms with van der Waals surface area (Å²) in [5.41, 5.74) is 8.75. The van der Waals surface area contributed by atoms with Gasteiger partial charge in [0, 0.05) is 0 Å². The van der Waals surface area contributed by atoms with E-state index >= 15 is 0 Å². The van der Waals surface area contributed by atoms with Crippen LogP contribution >= 0.6 is 0 Å². The Morgan fingerprint density at radius 3 is 2.55 bits per heavy atom. The van der Waals surface area contributed by atoms with E-state index in [4.69, 9.17) is 10.5 Å². The van der Waals surface area contributed by atoms with E-state index in [2.05, 4.69) is 43.9 Å². The molecule has 2 N–H and O–H groups in total. The minimum Gasteiger partial charge on any atom is -0.493 e. The molecule has 0 spiro atoms. The Morgan fingerprint density at radius 1 is 1.27 bits per heavy atom. The van der Waals surface area contributed by atoms with Gasteiger partial charge in [0.25, 0.3) is 0 Å². The molecule has 1 aromatic carbocycles. The summed E-state index contributed by atoms with van der Waals surface area (Å²) in [5.74, 6) is 2.22. The average molecular weight is 304 g/mol. The summed E-state index contributed by atoms with van der Waals surface area (Å²) in [6.45, 7) is 11.7. The van der Waals surface area contributed by atoms with E-state index in [1.165, 1.54) is 43.6 Å². The first-order valence-corrected chi connectivity index (χ1v) is 8.85. The van der Waals surface area contributed by atoms with Crippen molar-refractivity contribution >= 4 is 0 Å². The number of hydrogen-bond acceptors (Lipinski definition) is 3. The van der Waals surface area contributed by atoms with Gasteiger partial charge in [-0.05, 0) is 81.4 Å². The summed E-state index contributed by atoms with van der Waals surface area (Å²) in [6.07, 6.45) is 3.58. The first kappa shape index (κ1) is 17.3. The van der Waals surface area contributed by atoms with E-state index in [0.29, 0.717) is 5.92 Å². The molecule has 0 amide bonds. The number of benzene rings is 1. The maximum atomic E-state index is 6.13. The van der Waals surface area contributed by atoms with Gasteiger partial charge in [-0.15, -0.1) is 0 Å². The molecule has 2 rings (SSSR count). The van der Waals surface area contributed by atoms with Crippen molar-refractivity contribution in [1.29, 1.82) is 0 Å². The number of rotatable bonds is 7. The standard InChI is InChI=1S/C19H32N2O/c1-4-12-22-19-7-6-17(13-15(19)3)18(14-20)16-8-10-21(5-2)11-9-16/h6-7,13,16,18H,4-5,8-12,14,20H2,1-3H3. The van der Waals surface area contributed by atoms with E-state index in [0.717, 1.165) is 31.2 Å². The lowest BCUT2D eigenvalue weighted by atomic mass is 9.79. The maximum absolute atomic E-state index is 6.13. The summed E-state index contributed by atoms with van der Waals surface area (Å²) >= 11 is 0. The van der Waals surface area contributed by atoms with Crippen LogP contribution in [-0.4, -0.2) is 37.7 Å². The predicted molar refractivity (Wildman–Crippen MR) is 93.6 cm³/mol. The molecule has 1 unspecified atom stereocenters. The molecule has 1 aliphatic rings. The van der Waals surface area contributed by atoms with Gasteiger partial charge in [0.1, 0.15) is 5.75 Å². The molecule has 1 saturated heterocycles. The molecule has 124 valence electrons. The number of piperidine rings is 1. The zero-order chi connectivity index (χ0) is 15.9. The van der Waals surface area contributed by atoms with Crippen LogP contribution in [0, 0.1) is 12.8 Å². The number of hydrogen-bond donors (Lipinski definition) is 1. The van der Waals surface area contributed by atoms with Crippen LogP contribution in [0.2, 0.25) is 0 Å². The van der Waals surface area contributed by atoms with Crippen molar-refractivity contribution in [3.8, 4) is 5.75 Å². The number of likely N-dealkylation sites (tertiary alicyclic amines) is 1. The zero-order valence-electron chi connectivity index (χ0n) is 14.5. The van der Waals surface area contributed by atoms with Gasteiger partial charge >= 0.3 is 0 Å². The predicted octanol–water partition coefficient (Wildman–Crippen LogP) is 3.56. The van der Waals surface area contributed by atoms with Crippen molar-refractivity contribution < 1.29 is 4.74 Å². The van der Waals surface area contributed by atoms with Crippen molar-refractivity contribution in [3.63, 3.8) is 0 Å². The van der Waals surface area contributed by atoms with Crippen LogP contribution in [0.25, 0.3) is 0 Å². The molecule has 3 heteroatoms. The lowest BCUT2D eigenvalue weighted by molar-refractivity contribution is 0.176. The summed E-state index contributed by atoms with van der Waals surface area (Å²) in [5, 5.41) is 0. The van der Waals surface area contributed by atoms with Crippen LogP contribution in [0.5, 0.6) is 5.75 Å². The quantitative estimate of drug-likeness (QED) is 0.837.